The smallest absolute Gasteiger partial charge is 0.191 e. The molecule has 0 aliphatic heterocycles. The van der Waals surface area contributed by atoms with E-state index in [4.69, 9.17) is 0 Å². The van der Waals surface area contributed by atoms with Crippen molar-refractivity contribution in [1.29, 1.82) is 0 Å². The van der Waals surface area contributed by atoms with Crippen LogP contribution in [0.25, 0.3) is 11.4 Å². The van der Waals surface area contributed by atoms with Gasteiger partial charge < -0.3 is 10.6 Å². The first-order valence-corrected chi connectivity index (χ1v) is 10.3. The highest BCUT2D eigenvalue weighted by molar-refractivity contribution is 5.79. The second-order valence-corrected chi connectivity index (χ2v) is 7.38. The van der Waals surface area contributed by atoms with Gasteiger partial charge in [0.05, 0.1) is 23.3 Å². The maximum atomic E-state index is 4.63. The molecule has 2 heterocycles. The second kappa shape index (κ2) is 9.30. The third kappa shape index (κ3) is 4.83. The average molecular weight is 414 g/mol. The standard InChI is InChI=1S/C24H27N7/c1-18-13-19(2)31(29-18)23-12-8-7-9-21(23)16-27-24(25-3)26-14-20-15-28-30(17-20)22-10-5-4-6-11-22/h4-13,15,17H,14,16H2,1-3H3,(H2,25,26,27). The van der Waals surface area contributed by atoms with Crippen molar-refractivity contribution in [3.8, 4) is 11.4 Å². The predicted octanol–water partition coefficient (Wildman–Crippen LogP) is 3.54. The Morgan fingerprint density at radius 1 is 0.968 bits per heavy atom. The maximum absolute atomic E-state index is 4.63. The molecule has 7 heteroatoms. The van der Waals surface area contributed by atoms with Crippen LogP contribution in [0.4, 0.5) is 0 Å². The molecule has 2 N–H and O–H groups in total. The van der Waals surface area contributed by atoms with E-state index in [1.54, 1.807) is 7.05 Å². The normalized spacial score (nSPS) is 11.5. The van der Waals surface area contributed by atoms with Crippen LogP contribution in [-0.2, 0) is 13.1 Å². The number of nitrogens with one attached hydrogen (secondary N) is 2. The Labute approximate surface area is 182 Å². The zero-order valence-corrected chi connectivity index (χ0v) is 18.1. The Kier molecular flexibility index (Phi) is 6.12. The van der Waals surface area contributed by atoms with Gasteiger partial charge in [0.15, 0.2) is 5.96 Å². The molecule has 0 aliphatic rings. The van der Waals surface area contributed by atoms with Gasteiger partial charge in [-0.25, -0.2) is 9.36 Å². The molecule has 0 unspecified atom stereocenters. The fourth-order valence-electron chi connectivity index (χ4n) is 3.50. The summed E-state index contributed by atoms with van der Waals surface area (Å²) in [5.41, 5.74) is 6.46. The number of guanidine groups is 1. The lowest BCUT2D eigenvalue weighted by molar-refractivity contribution is 0.781. The van der Waals surface area contributed by atoms with Crippen molar-refractivity contribution in [2.45, 2.75) is 26.9 Å². The number of para-hydroxylation sites is 2. The molecule has 4 rings (SSSR count). The van der Waals surface area contributed by atoms with Crippen LogP contribution >= 0.6 is 0 Å². The molecule has 0 spiro atoms. The van der Waals surface area contributed by atoms with Gasteiger partial charge in [0.2, 0.25) is 0 Å². The van der Waals surface area contributed by atoms with Gasteiger partial charge in [-0.3, -0.25) is 4.99 Å². The Hall–Kier alpha value is -3.87. The number of aromatic nitrogens is 4. The lowest BCUT2D eigenvalue weighted by Crippen LogP contribution is -2.36. The summed E-state index contributed by atoms with van der Waals surface area (Å²) in [7, 11) is 1.77. The van der Waals surface area contributed by atoms with Crippen molar-refractivity contribution >= 4 is 5.96 Å². The van der Waals surface area contributed by atoms with Crippen molar-refractivity contribution in [2.24, 2.45) is 4.99 Å². The lowest BCUT2D eigenvalue weighted by atomic mass is 10.1. The third-order valence-corrected chi connectivity index (χ3v) is 5.02. The van der Waals surface area contributed by atoms with Crippen LogP contribution < -0.4 is 10.6 Å². The molecule has 0 bridgehead atoms. The molecule has 0 saturated carbocycles. The van der Waals surface area contributed by atoms with E-state index in [1.807, 2.05) is 71.1 Å². The molecule has 2 aromatic heterocycles. The number of hydrogen-bond acceptors (Lipinski definition) is 3. The summed E-state index contributed by atoms with van der Waals surface area (Å²) in [6, 6.07) is 20.4. The van der Waals surface area contributed by atoms with Crippen LogP contribution in [0.15, 0.2) is 78.0 Å². The van der Waals surface area contributed by atoms with Gasteiger partial charge in [-0.15, -0.1) is 0 Å². The van der Waals surface area contributed by atoms with E-state index in [1.165, 1.54) is 0 Å². The molecule has 31 heavy (non-hydrogen) atoms. The van der Waals surface area contributed by atoms with Crippen molar-refractivity contribution in [2.75, 3.05) is 7.05 Å². The molecule has 4 aromatic rings. The fourth-order valence-corrected chi connectivity index (χ4v) is 3.50. The minimum absolute atomic E-state index is 0.631. The van der Waals surface area contributed by atoms with E-state index in [0.29, 0.717) is 13.1 Å². The molecule has 7 nitrogen and oxygen atoms in total. The summed E-state index contributed by atoms with van der Waals surface area (Å²) in [5, 5.41) is 15.8. The van der Waals surface area contributed by atoms with Gasteiger partial charge in [-0.1, -0.05) is 36.4 Å². The van der Waals surface area contributed by atoms with Crippen molar-refractivity contribution in [3.05, 3.63) is 95.6 Å². The van der Waals surface area contributed by atoms with Gasteiger partial charge in [0.1, 0.15) is 0 Å². The number of aryl methyl sites for hydroxylation is 2. The van der Waals surface area contributed by atoms with E-state index in [2.05, 4.69) is 50.9 Å². The van der Waals surface area contributed by atoms with Gasteiger partial charge >= 0.3 is 0 Å². The molecular weight excluding hydrogens is 386 g/mol. The van der Waals surface area contributed by atoms with Crippen LogP contribution in [0.1, 0.15) is 22.5 Å². The molecule has 0 aliphatic carbocycles. The topological polar surface area (TPSA) is 72.1 Å². The summed E-state index contributed by atoms with van der Waals surface area (Å²) < 4.78 is 3.86. The first-order chi connectivity index (χ1) is 15.1. The Balaban J connectivity index is 1.39. The monoisotopic (exact) mass is 413 g/mol. The highest BCUT2D eigenvalue weighted by Crippen LogP contribution is 2.17. The summed E-state index contributed by atoms with van der Waals surface area (Å²) >= 11 is 0. The lowest BCUT2D eigenvalue weighted by Gasteiger charge is -2.14. The minimum Gasteiger partial charge on any atom is -0.352 e. The SMILES string of the molecule is CN=C(NCc1cnn(-c2ccccc2)c1)NCc1ccccc1-n1nc(C)cc1C. The maximum Gasteiger partial charge on any atom is 0.191 e. The average Bonchev–Trinajstić information content (AvgIpc) is 3.40. The first-order valence-electron chi connectivity index (χ1n) is 10.3. The number of rotatable bonds is 6. The third-order valence-electron chi connectivity index (χ3n) is 5.02. The summed E-state index contributed by atoms with van der Waals surface area (Å²) in [6.45, 7) is 5.35. The molecule has 0 fully saturated rings. The number of aliphatic imine (C=N–C) groups is 1. The number of nitrogens with zero attached hydrogens (tertiary/aromatic N) is 5. The molecule has 0 atom stereocenters. The Morgan fingerprint density at radius 2 is 1.71 bits per heavy atom. The molecule has 0 saturated heterocycles. The summed E-state index contributed by atoms with van der Waals surface area (Å²) in [5.74, 6) is 0.732. The summed E-state index contributed by atoms with van der Waals surface area (Å²) in [4.78, 5) is 4.35. The molecule has 2 aromatic carbocycles. The van der Waals surface area contributed by atoms with Gasteiger partial charge in [-0.05, 0) is 43.7 Å². The second-order valence-electron chi connectivity index (χ2n) is 7.38. The zero-order valence-electron chi connectivity index (χ0n) is 18.1. The fraction of sp³-hybridized carbons (Fsp3) is 0.208. The Bertz CT molecular complexity index is 1170. The van der Waals surface area contributed by atoms with Crippen LogP contribution in [-0.4, -0.2) is 32.6 Å². The van der Waals surface area contributed by atoms with Crippen LogP contribution in [0.2, 0.25) is 0 Å². The van der Waals surface area contributed by atoms with E-state index >= 15 is 0 Å². The van der Waals surface area contributed by atoms with E-state index in [-0.39, 0.29) is 0 Å². The van der Waals surface area contributed by atoms with Gasteiger partial charge in [0.25, 0.3) is 0 Å². The van der Waals surface area contributed by atoms with Crippen molar-refractivity contribution < 1.29 is 0 Å². The predicted molar refractivity (Wildman–Crippen MR) is 124 cm³/mol. The first kappa shape index (κ1) is 20.4. The largest absolute Gasteiger partial charge is 0.352 e. The highest BCUT2D eigenvalue weighted by Gasteiger charge is 2.09. The van der Waals surface area contributed by atoms with E-state index < -0.39 is 0 Å². The highest BCUT2D eigenvalue weighted by atomic mass is 15.3. The number of hydrogen-bond donors (Lipinski definition) is 2. The van der Waals surface area contributed by atoms with Gasteiger partial charge in [0, 0.05) is 37.6 Å². The quantitative estimate of drug-likeness (QED) is 0.375. The van der Waals surface area contributed by atoms with Crippen molar-refractivity contribution in [3.63, 3.8) is 0 Å². The van der Waals surface area contributed by atoms with Crippen LogP contribution in [0, 0.1) is 13.8 Å². The number of benzene rings is 2. The van der Waals surface area contributed by atoms with Crippen LogP contribution in [0.5, 0.6) is 0 Å². The van der Waals surface area contributed by atoms with Crippen LogP contribution in [0.3, 0.4) is 0 Å². The Morgan fingerprint density at radius 3 is 2.45 bits per heavy atom. The minimum atomic E-state index is 0.631. The molecule has 0 radical (unpaired) electrons. The molecular formula is C24H27N7. The van der Waals surface area contributed by atoms with E-state index in [0.717, 1.165) is 39.8 Å². The van der Waals surface area contributed by atoms with Crippen molar-refractivity contribution in [1.82, 2.24) is 30.2 Å². The van der Waals surface area contributed by atoms with Gasteiger partial charge in [-0.2, -0.15) is 10.2 Å². The molecule has 158 valence electrons. The van der Waals surface area contributed by atoms with E-state index in [9.17, 15) is 0 Å². The molecule has 0 amide bonds. The summed E-state index contributed by atoms with van der Waals surface area (Å²) in [6.07, 6.45) is 3.89. The zero-order chi connectivity index (χ0) is 21.6.